The Kier molecular flexibility index (Phi) is 2.84. The van der Waals surface area contributed by atoms with Crippen LogP contribution in [0.15, 0.2) is 23.3 Å². The number of anilines is 1. The van der Waals surface area contributed by atoms with Crippen LogP contribution < -0.4 is 15.2 Å². The van der Waals surface area contributed by atoms with Crippen molar-refractivity contribution >= 4 is 11.4 Å². The summed E-state index contributed by atoms with van der Waals surface area (Å²) in [5.41, 5.74) is 6.90. The van der Waals surface area contributed by atoms with Crippen molar-refractivity contribution in [3.05, 3.63) is 18.2 Å². The lowest BCUT2D eigenvalue weighted by Crippen LogP contribution is -2.22. The van der Waals surface area contributed by atoms with E-state index in [0.717, 1.165) is 5.69 Å². The van der Waals surface area contributed by atoms with E-state index < -0.39 is 0 Å². The summed E-state index contributed by atoms with van der Waals surface area (Å²) in [4.78, 5) is 1.99. The molecule has 0 bridgehead atoms. The molecule has 4 heteroatoms. The maximum atomic E-state index is 5.18. The highest BCUT2D eigenvalue weighted by Crippen LogP contribution is 2.30. The molecule has 0 aliphatic carbocycles. The maximum Gasteiger partial charge on any atom is 0.171 e. The van der Waals surface area contributed by atoms with E-state index in [2.05, 4.69) is 5.11 Å². The number of benzene rings is 1. The molecule has 0 saturated carbocycles. The Labute approximate surface area is 77.6 Å². The van der Waals surface area contributed by atoms with Crippen LogP contribution in [0.25, 0.3) is 0 Å². The Morgan fingerprint density at radius 3 is 2.54 bits per heavy atom. The minimum Gasteiger partial charge on any atom is -0.494 e. The zero-order valence-electron chi connectivity index (χ0n) is 8.11. The average molecular weight is 180 g/mol. The zero-order chi connectivity index (χ0) is 9.84. The molecule has 4 nitrogen and oxygen atoms in total. The Morgan fingerprint density at radius 1 is 1.38 bits per heavy atom. The van der Waals surface area contributed by atoms with Crippen molar-refractivity contribution in [1.29, 1.82) is 0 Å². The summed E-state index contributed by atoms with van der Waals surface area (Å²) in [5, 5.41) is 3.60. The Bertz CT molecular complexity index is 310. The van der Waals surface area contributed by atoms with Gasteiger partial charge in [-0.3, -0.25) is 0 Å². The van der Waals surface area contributed by atoms with E-state index in [1.54, 1.807) is 7.11 Å². The Hall–Kier alpha value is -1.58. The van der Waals surface area contributed by atoms with Crippen molar-refractivity contribution in [2.24, 2.45) is 5.11 Å². The van der Waals surface area contributed by atoms with Crippen LogP contribution in [0, 0.1) is 0 Å². The van der Waals surface area contributed by atoms with Gasteiger partial charge in [-0.25, -0.2) is 0 Å². The molecule has 1 aromatic rings. The molecule has 13 heavy (non-hydrogen) atoms. The van der Waals surface area contributed by atoms with Gasteiger partial charge in [-0.15, -0.1) is 0 Å². The molecule has 1 aromatic carbocycles. The van der Waals surface area contributed by atoms with Crippen LogP contribution in [-0.2, 0) is 0 Å². The second-order valence-electron chi connectivity index (χ2n) is 2.88. The number of nitrogens with two attached hydrogens (primary N) is 1. The van der Waals surface area contributed by atoms with E-state index in [1.165, 1.54) is 0 Å². The van der Waals surface area contributed by atoms with Gasteiger partial charge < -0.3 is 9.64 Å². The first-order valence-corrected chi connectivity index (χ1v) is 3.95. The van der Waals surface area contributed by atoms with E-state index in [0.29, 0.717) is 11.4 Å². The lowest BCUT2D eigenvalue weighted by atomic mass is 10.2. The molecule has 0 amide bonds. The number of hydrogen-bond donors (Lipinski definition) is 1. The van der Waals surface area contributed by atoms with Gasteiger partial charge in [0.1, 0.15) is 0 Å². The fraction of sp³-hybridized carbons (Fsp3) is 0.333. The number of hydrogen-bond acceptors (Lipinski definition) is 3. The van der Waals surface area contributed by atoms with E-state index in [9.17, 15) is 0 Å². The van der Waals surface area contributed by atoms with E-state index in [-0.39, 0.29) is 0 Å². The fourth-order valence-corrected chi connectivity index (χ4v) is 1.05. The number of rotatable bonds is 3. The second-order valence-corrected chi connectivity index (χ2v) is 2.88. The van der Waals surface area contributed by atoms with Crippen LogP contribution in [0.5, 0.6) is 5.75 Å². The molecular weight excluding hydrogens is 166 g/mol. The highest BCUT2D eigenvalue weighted by Gasteiger charge is 2.05. The first kappa shape index (κ1) is 9.51. The molecule has 0 saturated heterocycles. The predicted molar refractivity (Wildman–Crippen MR) is 51.3 cm³/mol. The molecule has 1 rings (SSSR count). The minimum absolute atomic E-state index is 0.660. The van der Waals surface area contributed by atoms with Crippen molar-refractivity contribution < 1.29 is 10.3 Å². The second kappa shape index (κ2) is 3.89. The monoisotopic (exact) mass is 180 g/mol. The van der Waals surface area contributed by atoms with E-state index in [4.69, 9.17) is 10.3 Å². The van der Waals surface area contributed by atoms with Crippen LogP contribution in [0.1, 0.15) is 0 Å². The predicted octanol–water partition coefficient (Wildman–Crippen LogP) is 0.604. The number of ether oxygens (including phenoxy) is 1. The van der Waals surface area contributed by atoms with Crippen LogP contribution in [0.4, 0.5) is 11.4 Å². The largest absolute Gasteiger partial charge is 0.494 e. The third-order valence-electron chi connectivity index (χ3n) is 1.82. The fourth-order valence-electron chi connectivity index (χ4n) is 1.05. The Balaban J connectivity index is 3.12. The number of nitrogens with zero attached hydrogens (tertiary/aromatic N) is 2. The first-order valence-electron chi connectivity index (χ1n) is 3.95. The van der Waals surface area contributed by atoms with Gasteiger partial charge in [0.15, 0.2) is 11.4 Å². The molecule has 0 heterocycles. The minimum atomic E-state index is 0.660. The summed E-state index contributed by atoms with van der Waals surface area (Å²) in [6, 6.07) is 5.66. The van der Waals surface area contributed by atoms with Crippen molar-refractivity contribution in [3.8, 4) is 5.75 Å². The van der Waals surface area contributed by atoms with Gasteiger partial charge in [0.2, 0.25) is 0 Å². The molecule has 0 fully saturated rings. The number of methoxy groups -OCH3 is 1. The summed E-state index contributed by atoms with van der Waals surface area (Å²) in [6.45, 7) is 0. The third kappa shape index (κ3) is 1.96. The summed E-state index contributed by atoms with van der Waals surface area (Å²) in [7, 11) is 5.53. The zero-order valence-corrected chi connectivity index (χ0v) is 8.11. The van der Waals surface area contributed by atoms with Crippen molar-refractivity contribution in [3.63, 3.8) is 0 Å². The lowest BCUT2D eigenvalue weighted by molar-refractivity contribution is -0.210. The van der Waals surface area contributed by atoms with Crippen LogP contribution in [0.3, 0.4) is 0 Å². The first-order chi connectivity index (χ1) is 6.19. The van der Waals surface area contributed by atoms with Crippen LogP contribution >= 0.6 is 0 Å². The SMILES string of the molecule is COc1cc(N(C)C)ccc1N=[NH2+]. The van der Waals surface area contributed by atoms with Crippen LogP contribution in [0.2, 0.25) is 0 Å². The van der Waals surface area contributed by atoms with Gasteiger partial charge in [0.05, 0.1) is 7.11 Å². The highest BCUT2D eigenvalue weighted by atomic mass is 16.5. The average Bonchev–Trinajstić information content (AvgIpc) is 2.16. The van der Waals surface area contributed by atoms with Gasteiger partial charge in [0.25, 0.3) is 0 Å². The van der Waals surface area contributed by atoms with Crippen molar-refractivity contribution in [2.45, 2.75) is 0 Å². The van der Waals surface area contributed by atoms with E-state index >= 15 is 0 Å². The molecule has 0 aliphatic heterocycles. The lowest BCUT2D eigenvalue weighted by Gasteiger charge is -2.13. The molecule has 0 atom stereocenters. The van der Waals surface area contributed by atoms with E-state index in [1.807, 2.05) is 37.2 Å². The Morgan fingerprint density at radius 2 is 2.08 bits per heavy atom. The van der Waals surface area contributed by atoms with Gasteiger partial charge in [-0.2, -0.15) is 5.53 Å². The highest BCUT2D eigenvalue weighted by molar-refractivity contribution is 5.60. The molecule has 0 aromatic heterocycles. The maximum absolute atomic E-state index is 5.18. The molecule has 0 radical (unpaired) electrons. The normalized spacial score (nSPS) is 9.46. The summed E-state index contributed by atoms with van der Waals surface area (Å²) < 4.78 is 5.13. The summed E-state index contributed by atoms with van der Waals surface area (Å²) in [6.07, 6.45) is 0. The molecule has 2 N–H and O–H groups in total. The smallest absolute Gasteiger partial charge is 0.171 e. The van der Waals surface area contributed by atoms with Gasteiger partial charge >= 0.3 is 0 Å². The topological polar surface area (TPSA) is 50.4 Å². The molecular formula is C9H14N3O+. The van der Waals surface area contributed by atoms with Crippen LogP contribution in [-0.4, -0.2) is 21.2 Å². The van der Waals surface area contributed by atoms with Gasteiger partial charge in [0, 0.05) is 25.8 Å². The van der Waals surface area contributed by atoms with Gasteiger partial charge in [-0.05, 0) is 17.2 Å². The third-order valence-corrected chi connectivity index (χ3v) is 1.82. The quantitative estimate of drug-likeness (QED) is 0.693. The standard InChI is InChI=1S/C9H13N3O/c1-12(2)7-4-5-8(11-10)9(6-7)13-3/h4-6,10H,1-3H3/p+1. The molecule has 0 spiro atoms. The molecule has 0 aliphatic rings. The summed E-state index contributed by atoms with van der Waals surface area (Å²) in [5.74, 6) is 0.689. The molecule has 0 unspecified atom stereocenters. The summed E-state index contributed by atoms with van der Waals surface area (Å²) >= 11 is 0. The van der Waals surface area contributed by atoms with Crippen molar-refractivity contribution in [1.82, 2.24) is 0 Å². The van der Waals surface area contributed by atoms with Gasteiger partial charge in [-0.1, -0.05) is 0 Å². The molecule has 70 valence electrons. The van der Waals surface area contributed by atoms with Crippen molar-refractivity contribution in [2.75, 3.05) is 26.1 Å².